The number of hydrogen-bond donors (Lipinski definition) is 1. The molecule has 0 aliphatic carbocycles. The van der Waals surface area contributed by atoms with Crippen LogP contribution in [0.25, 0.3) is 10.8 Å². The number of aromatic hydroxyl groups is 1. The highest BCUT2D eigenvalue weighted by Crippen LogP contribution is 2.41. The van der Waals surface area contributed by atoms with Gasteiger partial charge in [-0.2, -0.15) is 0 Å². The van der Waals surface area contributed by atoms with Gasteiger partial charge in [0.1, 0.15) is 18.1 Å². The predicted octanol–water partition coefficient (Wildman–Crippen LogP) is 6.96. The molecule has 0 bridgehead atoms. The number of phenolic OH excluding ortho intramolecular Hbond substituents is 1. The molecule has 0 spiro atoms. The number of rotatable bonds is 7. The van der Waals surface area contributed by atoms with Crippen LogP contribution < -0.4 is 4.74 Å². The molecule has 0 radical (unpaired) electrons. The summed E-state index contributed by atoms with van der Waals surface area (Å²) in [7, 11) is 0. The van der Waals surface area contributed by atoms with Gasteiger partial charge in [0, 0.05) is 40.4 Å². The third-order valence-corrected chi connectivity index (χ3v) is 6.50. The van der Waals surface area contributed by atoms with Gasteiger partial charge in [0.2, 0.25) is 0 Å². The Morgan fingerprint density at radius 3 is 2.44 bits per heavy atom. The maximum absolute atomic E-state index is 11.3. The van der Waals surface area contributed by atoms with E-state index < -0.39 is 0 Å². The first-order valence-electron chi connectivity index (χ1n) is 10.6. The SMILES string of the molecule is Oc1c(C(Cc2nccs2)c2ccccc2OCc2ccccc2)ccc2ccccc12. The lowest BCUT2D eigenvalue weighted by Crippen LogP contribution is -2.08. The summed E-state index contributed by atoms with van der Waals surface area (Å²) in [4.78, 5) is 4.52. The van der Waals surface area contributed by atoms with Crippen LogP contribution in [0.2, 0.25) is 0 Å². The summed E-state index contributed by atoms with van der Waals surface area (Å²) in [6.07, 6.45) is 2.52. The maximum Gasteiger partial charge on any atom is 0.127 e. The van der Waals surface area contributed by atoms with Gasteiger partial charge in [-0.3, -0.25) is 0 Å². The van der Waals surface area contributed by atoms with E-state index in [-0.39, 0.29) is 5.92 Å². The van der Waals surface area contributed by atoms with Crippen molar-refractivity contribution in [2.45, 2.75) is 18.9 Å². The van der Waals surface area contributed by atoms with E-state index in [0.29, 0.717) is 18.8 Å². The first-order valence-corrected chi connectivity index (χ1v) is 11.5. The van der Waals surface area contributed by atoms with Crippen LogP contribution in [-0.2, 0) is 13.0 Å². The van der Waals surface area contributed by atoms with Crippen molar-refractivity contribution in [3.05, 3.63) is 124 Å². The molecule has 0 saturated carbocycles. The molecule has 0 amide bonds. The minimum Gasteiger partial charge on any atom is -0.507 e. The molecule has 0 aliphatic heterocycles. The Morgan fingerprint density at radius 2 is 1.59 bits per heavy atom. The Kier molecular flexibility index (Phi) is 5.86. The minimum absolute atomic E-state index is 0.0854. The molecular weight excluding hydrogens is 414 g/mol. The fraction of sp³-hybridized carbons (Fsp3) is 0.107. The molecule has 1 unspecified atom stereocenters. The lowest BCUT2D eigenvalue weighted by Gasteiger charge is -2.22. The number of thiazole rings is 1. The van der Waals surface area contributed by atoms with Crippen LogP contribution in [0.4, 0.5) is 0 Å². The number of benzene rings is 4. The van der Waals surface area contributed by atoms with Gasteiger partial charge < -0.3 is 9.84 Å². The number of hydrogen-bond acceptors (Lipinski definition) is 4. The van der Waals surface area contributed by atoms with Crippen molar-refractivity contribution in [3.8, 4) is 11.5 Å². The van der Waals surface area contributed by atoms with Crippen LogP contribution in [0.3, 0.4) is 0 Å². The molecule has 5 aromatic rings. The normalized spacial score (nSPS) is 12.0. The van der Waals surface area contributed by atoms with Crippen LogP contribution >= 0.6 is 11.3 Å². The third-order valence-electron chi connectivity index (χ3n) is 5.70. The molecule has 1 heterocycles. The van der Waals surface area contributed by atoms with Crippen LogP contribution in [0, 0.1) is 0 Å². The van der Waals surface area contributed by atoms with Crippen molar-refractivity contribution < 1.29 is 9.84 Å². The minimum atomic E-state index is -0.0854. The van der Waals surface area contributed by atoms with Gasteiger partial charge in [-0.05, 0) is 17.0 Å². The van der Waals surface area contributed by atoms with Gasteiger partial charge in [-0.15, -0.1) is 11.3 Å². The smallest absolute Gasteiger partial charge is 0.127 e. The van der Waals surface area contributed by atoms with Crippen LogP contribution in [-0.4, -0.2) is 10.1 Å². The van der Waals surface area contributed by atoms with Gasteiger partial charge in [-0.1, -0.05) is 84.9 Å². The predicted molar refractivity (Wildman–Crippen MR) is 130 cm³/mol. The summed E-state index contributed by atoms with van der Waals surface area (Å²) in [5.74, 6) is 1.06. The average Bonchev–Trinajstić information content (AvgIpc) is 3.36. The second-order valence-electron chi connectivity index (χ2n) is 7.72. The molecule has 5 rings (SSSR count). The lowest BCUT2D eigenvalue weighted by molar-refractivity contribution is 0.301. The zero-order valence-corrected chi connectivity index (χ0v) is 18.3. The molecule has 0 saturated heterocycles. The monoisotopic (exact) mass is 437 g/mol. The topological polar surface area (TPSA) is 42.4 Å². The van der Waals surface area contributed by atoms with Crippen molar-refractivity contribution in [3.63, 3.8) is 0 Å². The van der Waals surface area contributed by atoms with Gasteiger partial charge in [-0.25, -0.2) is 4.98 Å². The Labute approximate surface area is 191 Å². The van der Waals surface area contributed by atoms with Gasteiger partial charge >= 0.3 is 0 Å². The summed E-state index contributed by atoms with van der Waals surface area (Å²) in [5.41, 5.74) is 3.05. The van der Waals surface area contributed by atoms with Crippen LogP contribution in [0.5, 0.6) is 11.5 Å². The molecule has 0 fully saturated rings. The largest absolute Gasteiger partial charge is 0.507 e. The van der Waals surface area contributed by atoms with Crippen molar-refractivity contribution in [1.82, 2.24) is 4.98 Å². The highest BCUT2D eigenvalue weighted by molar-refractivity contribution is 7.09. The van der Waals surface area contributed by atoms with E-state index in [4.69, 9.17) is 4.74 Å². The Balaban J connectivity index is 1.57. The zero-order chi connectivity index (χ0) is 21.8. The second-order valence-corrected chi connectivity index (χ2v) is 8.70. The summed E-state index contributed by atoms with van der Waals surface area (Å²) in [5, 5.41) is 16.2. The number of fused-ring (bicyclic) bond motifs is 1. The van der Waals surface area contributed by atoms with Crippen molar-refractivity contribution in [1.29, 1.82) is 0 Å². The van der Waals surface area contributed by atoms with E-state index >= 15 is 0 Å². The van der Waals surface area contributed by atoms with E-state index in [2.05, 4.69) is 29.2 Å². The van der Waals surface area contributed by atoms with Crippen LogP contribution in [0.15, 0.2) is 103 Å². The number of aromatic nitrogens is 1. The first-order chi connectivity index (χ1) is 15.8. The highest BCUT2D eigenvalue weighted by atomic mass is 32.1. The first kappa shape index (κ1) is 20.3. The van der Waals surface area contributed by atoms with Crippen molar-refractivity contribution >= 4 is 22.1 Å². The van der Waals surface area contributed by atoms with Crippen LogP contribution in [0.1, 0.15) is 27.6 Å². The molecule has 32 heavy (non-hydrogen) atoms. The van der Waals surface area contributed by atoms with E-state index in [0.717, 1.165) is 38.2 Å². The molecule has 4 heteroatoms. The fourth-order valence-electron chi connectivity index (χ4n) is 4.10. The van der Waals surface area contributed by atoms with E-state index in [1.165, 1.54) is 0 Å². The van der Waals surface area contributed by atoms with E-state index in [1.807, 2.05) is 78.3 Å². The Hall–Kier alpha value is -3.63. The molecule has 1 aromatic heterocycles. The highest BCUT2D eigenvalue weighted by Gasteiger charge is 2.24. The summed E-state index contributed by atoms with van der Waals surface area (Å²) < 4.78 is 6.27. The molecule has 1 N–H and O–H groups in total. The second kappa shape index (κ2) is 9.25. The molecular formula is C28H23NO2S. The molecule has 0 aliphatic rings. The molecule has 4 aromatic carbocycles. The van der Waals surface area contributed by atoms with E-state index in [9.17, 15) is 5.11 Å². The summed E-state index contributed by atoms with van der Waals surface area (Å²) in [6, 6.07) is 30.3. The number of para-hydroxylation sites is 1. The Bertz CT molecular complexity index is 1320. The fourth-order valence-corrected chi connectivity index (χ4v) is 4.77. The number of phenols is 1. The molecule has 3 nitrogen and oxygen atoms in total. The molecule has 158 valence electrons. The number of nitrogens with zero attached hydrogens (tertiary/aromatic N) is 1. The Morgan fingerprint density at radius 1 is 0.812 bits per heavy atom. The lowest BCUT2D eigenvalue weighted by atomic mass is 9.86. The van der Waals surface area contributed by atoms with Gasteiger partial charge in [0.05, 0.1) is 5.01 Å². The average molecular weight is 438 g/mol. The zero-order valence-electron chi connectivity index (χ0n) is 17.5. The standard InChI is InChI=1S/C28H23NO2S/c30-28-22-11-5-4-10-21(22)14-15-24(28)25(18-27-29-16-17-32-27)23-12-6-7-13-26(23)31-19-20-8-2-1-3-9-20/h1-17,25,30H,18-19H2. The maximum atomic E-state index is 11.3. The molecule has 1 atom stereocenters. The summed E-state index contributed by atoms with van der Waals surface area (Å²) >= 11 is 1.63. The number of ether oxygens (including phenoxy) is 1. The van der Waals surface area contributed by atoms with Gasteiger partial charge in [0.25, 0.3) is 0 Å². The quantitative estimate of drug-likeness (QED) is 0.299. The van der Waals surface area contributed by atoms with Crippen molar-refractivity contribution in [2.75, 3.05) is 0 Å². The van der Waals surface area contributed by atoms with Crippen molar-refractivity contribution in [2.24, 2.45) is 0 Å². The van der Waals surface area contributed by atoms with E-state index in [1.54, 1.807) is 11.3 Å². The third kappa shape index (κ3) is 4.23. The summed E-state index contributed by atoms with van der Waals surface area (Å²) in [6.45, 7) is 0.492. The van der Waals surface area contributed by atoms with Gasteiger partial charge in [0.15, 0.2) is 0 Å².